The third-order valence-corrected chi connectivity index (χ3v) is 3.23. The van der Waals surface area contributed by atoms with Crippen LogP contribution in [0.2, 0.25) is 5.28 Å². The lowest BCUT2D eigenvalue weighted by Gasteiger charge is -2.31. The van der Waals surface area contributed by atoms with Gasteiger partial charge in [0.2, 0.25) is 11.2 Å². The van der Waals surface area contributed by atoms with Crippen molar-refractivity contribution in [2.75, 3.05) is 38.8 Å². The van der Waals surface area contributed by atoms with Gasteiger partial charge in [-0.25, -0.2) is 0 Å². The maximum atomic E-state index is 5.84. The Bertz CT molecular complexity index is 397. The minimum absolute atomic E-state index is 0.163. The molecule has 0 bridgehead atoms. The van der Waals surface area contributed by atoms with Crippen molar-refractivity contribution in [1.29, 1.82) is 0 Å². The molecule has 0 saturated carbocycles. The van der Waals surface area contributed by atoms with E-state index in [2.05, 4.69) is 19.9 Å². The molecule has 1 saturated heterocycles. The number of hydrogen-bond donors (Lipinski definition) is 0. The fraction of sp³-hybridized carbons (Fsp3) is 0.727. The zero-order valence-corrected chi connectivity index (χ0v) is 11.4. The van der Waals surface area contributed by atoms with Crippen LogP contribution in [0.4, 0.5) is 5.95 Å². The van der Waals surface area contributed by atoms with E-state index in [1.165, 1.54) is 7.11 Å². The predicted molar refractivity (Wildman–Crippen MR) is 68.2 cm³/mol. The Kier molecular flexibility index (Phi) is 4.54. The van der Waals surface area contributed by atoms with E-state index in [0.29, 0.717) is 11.9 Å². The average molecular weight is 273 g/mol. The molecule has 18 heavy (non-hydrogen) atoms. The quantitative estimate of drug-likeness (QED) is 0.826. The summed E-state index contributed by atoms with van der Waals surface area (Å²) in [5.41, 5.74) is 0. The van der Waals surface area contributed by atoms with E-state index in [0.717, 1.165) is 32.5 Å². The second kappa shape index (κ2) is 6.15. The van der Waals surface area contributed by atoms with Crippen molar-refractivity contribution in [3.8, 4) is 6.01 Å². The summed E-state index contributed by atoms with van der Waals surface area (Å²) in [6, 6.07) is 0.254. The van der Waals surface area contributed by atoms with E-state index in [4.69, 9.17) is 21.1 Å². The number of ether oxygens (including phenoxy) is 2. The van der Waals surface area contributed by atoms with Crippen molar-refractivity contribution in [2.45, 2.75) is 12.8 Å². The molecule has 0 N–H and O–H groups in total. The molecule has 2 rings (SSSR count). The summed E-state index contributed by atoms with van der Waals surface area (Å²) >= 11 is 5.84. The van der Waals surface area contributed by atoms with Crippen LogP contribution in [0.3, 0.4) is 0 Å². The Labute approximate surface area is 111 Å². The van der Waals surface area contributed by atoms with Gasteiger partial charge in [-0.05, 0) is 30.4 Å². The van der Waals surface area contributed by atoms with E-state index in [9.17, 15) is 0 Å². The minimum Gasteiger partial charge on any atom is -0.467 e. The van der Waals surface area contributed by atoms with Crippen LogP contribution in [0.1, 0.15) is 12.8 Å². The molecule has 100 valence electrons. The first kappa shape index (κ1) is 13.3. The van der Waals surface area contributed by atoms with Crippen molar-refractivity contribution in [3.63, 3.8) is 0 Å². The van der Waals surface area contributed by atoms with Crippen molar-refractivity contribution in [1.82, 2.24) is 15.0 Å². The van der Waals surface area contributed by atoms with E-state index in [1.807, 2.05) is 0 Å². The number of rotatable bonds is 4. The van der Waals surface area contributed by atoms with Gasteiger partial charge in [-0.2, -0.15) is 15.0 Å². The second-order valence-electron chi connectivity index (χ2n) is 4.28. The zero-order valence-electron chi connectivity index (χ0n) is 10.6. The monoisotopic (exact) mass is 272 g/mol. The molecule has 1 aromatic heterocycles. The van der Waals surface area contributed by atoms with E-state index >= 15 is 0 Å². The van der Waals surface area contributed by atoms with Gasteiger partial charge in [0.1, 0.15) is 0 Å². The van der Waals surface area contributed by atoms with Crippen LogP contribution >= 0.6 is 11.6 Å². The molecule has 7 heteroatoms. The third-order valence-electron chi connectivity index (χ3n) is 3.06. The fourth-order valence-corrected chi connectivity index (χ4v) is 2.24. The largest absolute Gasteiger partial charge is 0.467 e. The number of aromatic nitrogens is 3. The lowest BCUT2D eigenvalue weighted by atomic mass is 9.98. The first-order valence-electron chi connectivity index (χ1n) is 5.92. The van der Waals surface area contributed by atoms with E-state index in [1.54, 1.807) is 7.11 Å². The molecule has 0 unspecified atom stereocenters. The molecule has 1 fully saturated rings. The standard InChI is InChI=1S/C11H17ClN4O2/c1-17-7-8-3-5-16(6-4-8)10-13-9(12)14-11(15-10)18-2/h8H,3-7H2,1-2H3. The highest BCUT2D eigenvalue weighted by atomic mass is 35.5. The van der Waals surface area contributed by atoms with Crippen LogP contribution in [0.5, 0.6) is 6.01 Å². The number of nitrogens with zero attached hydrogens (tertiary/aromatic N) is 4. The molecule has 0 amide bonds. The molecule has 0 aliphatic carbocycles. The van der Waals surface area contributed by atoms with Gasteiger partial charge in [0.05, 0.1) is 7.11 Å². The molecule has 0 aromatic carbocycles. The molecule has 1 aromatic rings. The summed E-state index contributed by atoms with van der Waals surface area (Å²) in [7, 11) is 3.25. The minimum atomic E-state index is 0.163. The summed E-state index contributed by atoms with van der Waals surface area (Å²) in [6.07, 6.45) is 2.14. The van der Waals surface area contributed by atoms with Gasteiger partial charge >= 0.3 is 6.01 Å². The smallest absolute Gasteiger partial charge is 0.322 e. The maximum Gasteiger partial charge on any atom is 0.322 e. The highest BCUT2D eigenvalue weighted by molar-refractivity contribution is 6.28. The van der Waals surface area contributed by atoms with Crippen molar-refractivity contribution >= 4 is 17.5 Å². The number of methoxy groups -OCH3 is 2. The fourth-order valence-electron chi connectivity index (χ4n) is 2.09. The number of hydrogen-bond acceptors (Lipinski definition) is 6. The molecule has 0 atom stereocenters. The number of piperidine rings is 1. The summed E-state index contributed by atoms with van der Waals surface area (Å²) in [5.74, 6) is 1.20. The lowest BCUT2D eigenvalue weighted by Crippen LogP contribution is -2.36. The Balaban J connectivity index is 2.02. The molecule has 1 aliphatic rings. The first-order chi connectivity index (χ1) is 8.72. The molecular weight excluding hydrogens is 256 g/mol. The third kappa shape index (κ3) is 3.20. The van der Waals surface area contributed by atoms with Crippen molar-refractivity contribution in [3.05, 3.63) is 5.28 Å². The number of halogens is 1. The van der Waals surface area contributed by atoms with E-state index in [-0.39, 0.29) is 11.3 Å². The van der Waals surface area contributed by atoms with Crippen molar-refractivity contribution < 1.29 is 9.47 Å². The molecule has 0 spiro atoms. The van der Waals surface area contributed by atoms with Gasteiger partial charge in [0.25, 0.3) is 0 Å². The topological polar surface area (TPSA) is 60.4 Å². The molecule has 2 heterocycles. The second-order valence-corrected chi connectivity index (χ2v) is 4.61. The summed E-state index contributed by atoms with van der Waals surface area (Å²) < 4.78 is 10.2. The van der Waals surface area contributed by atoms with Crippen LogP contribution < -0.4 is 9.64 Å². The normalized spacial score (nSPS) is 16.9. The lowest BCUT2D eigenvalue weighted by molar-refractivity contribution is 0.139. The highest BCUT2D eigenvalue weighted by Crippen LogP contribution is 2.22. The molecule has 0 radical (unpaired) electrons. The SMILES string of the molecule is COCC1CCN(c2nc(Cl)nc(OC)n2)CC1. The van der Waals surface area contributed by atoms with Crippen LogP contribution in [-0.2, 0) is 4.74 Å². The van der Waals surface area contributed by atoms with Gasteiger partial charge in [0, 0.05) is 26.8 Å². The summed E-state index contributed by atoms with van der Waals surface area (Å²) in [4.78, 5) is 14.3. The first-order valence-corrected chi connectivity index (χ1v) is 6.30. The Hall–Kier alpha value is -1.14. The Morgan fingerprint density at radius 2 is 1.94 bits per heavy atom. The number of anilines is 1. The zero-order chi connectivity index (χ0) is 13.0. The summed E-state index contributed by atoms with van der Waals surface area (Å²) in [6.45, 7) is 2.62. The molecule has 1 aliphatic heterocycles. The summed E-state index contributed by atoms with van der Waals surface area (Å²) in [5, 5.41) is 0.163. The van der Waals surface area contributed by atoms with Gasteiger partial charge in [0.15, 0.2) is 0 Å². The van der Waals surface area contributed by atoms with Crippen LogP contribution in [-0.4, -0.2) is 48.9 Å². The van der Waals surface area contributed by atoms with Crippen LogP contribution in [0, 0.1) is 5.92 Å². The van der Waals surface area contributed by atoms with Gasteiger partial charge in [-0.1, -0.05) is 0 Å². The van der Waals surface area contributed by atoms with Gasteiger partial charge in [-0.3, -0.25) is 0 Å². The Morgan fingerprint density at radius 1 is 1.22 bits per heavy atom. The van der Waals surface area contributed by atoms with Crippen LogP contribution in [0.25, 0.3) is 0 Å². The molecular formula is C11H17ClN4O2. The maximum absolute atomic E-state index is 5.84. The van der Waals surface area contributed by atoms with Gasteiger partial charge < -0.3 is 14.4 Å². The van der Waals surface area contributed by atoms with Crippen LogP contribution in [0.15, 0.2) is 0 Å². The average Bonchev–Trinajstić information content (AvgIpc) is 2.39. The van der Waals surface area contributed by atoms with Crippen molar-refractivity contribution in [2.24, 2.45) is 5.92 Å². The predicted octanol–water partition coefficient (Wildman–Crippen LogP) is 1.40. The molecule has 6 nitrogen and oxygen atoms in total. The highest BCUT2D eigenvalue weighted by Gasteiger charge is 2.21. The van der Waals surface area contributed by atoms with E-state index < -0.39 is 0 Å². The Morgan fingerprint density at radius 3 is 2.56 bits per heavy atom. The van der Waals surface area contributed by atoms with Gasteiger partial charge in [-0.15, -0.1) is 0 Å².